The molecule has 5 heterocycles. The molecule has 5 aromatic rings. The zero-order valence-electron chi connectivity index (χ0n) is 24.4. The molecule has 0 atom stereocenters. The maximum atomic E-state index is 12.7. The maximum Gasteiger partial charge on any atom is 0.410 e. The predicted octanol–water partition coefficient (Wildman–Crippen LogP) is 5.97. The van der Waals surface area contributed by atoms with Crippen molar-refractivity contribution < 1.29 is 14.3 Å². The predicted molar refractivity (Wildman–Crippen MR) is 165 cm³/mol. The molecule has 11 heteroatoms. The van der Waals surface area contributed by atoms with E-state index >= 15 is 0 Å². The number of pyridine rings is 2. The van der Waals surface area contributed by atoms with Crippen LogP contribution < -0.4 is 9.64 Å². The number of carbonyl (C=O) groups excluding carboxylic acids is 1. The number of ether oxygens (including phenoxy) is 2. The van der Waals surface area contributed by atoms with Crippen LogP contribution in [-0.4, -0.2) is 73.8 Å². The molecule has 1 fully saturated rings. The highest BCUT2D eigenvalue weighted by molar-refractivity contribution is 7.98. The van der Waals surface area contributed by atoms with Crippen molar-refractivity contribution in [2.45, 2.75) is 38.2 Å². The number of amides is 1. The number of rotatable bonds is 5. The third-order valence-corrected chi connectivity index (χ3v) is 8.00. The Morgan fingerprint density at radius 1 is 0.976 bits per heavy atom. The zero-order valence-corrected chi connectivity index (χ0v) is 25.2. The highest BCUT2D eigenvalue weighted by atomic mass is 32.2. The zero-order chi connectivity index (χ0) is 29.4. The van der Waals surface area contributed by atoms with Gasteiger partial charge < -0.3 is 19.3 Å². The fourth-order valence-corrected chi connectivity index (χ4v) is 5.80. The average Bonchev–Trinajstić information content (AvgIpc) is 3.39. The lowest BCUT2D eigenvalue weighted by molar-refractivity contribution is 0.0240. The number of aryl methyl sites for hydroxylation is 1. The van der Waals surface area contributed by atoms with E-state index in [1.54, 1.807) is 42.5 Å². The molecular formula is C31H33N7O3S. The summed E-state index contributed by atoms with van der Waals surface area (Å²) in [4.78, 5) is 36.8. The molecule has 0 aliphatic carbocycles. The molecule has 0 spiro atoms. The van der Waals surface area contributed by atoms with Crippen LogP contribution in [0.3, 0.4) is 0 Å². The standard InChI is InChI=1S/C31H33N7O3S/c1-20-6-8-21(9-7-20)42-38-13-11-23-22(10-12-33-28(23)38)27-34-24-18-32-19-25(40-5)26(24)29(35-27)36-14-16-37(17-15-36)30(39)41-31(2,3)4/h6-13,18-19H,14-17H2,1-5H3. The maximum absolute atomic E-state index is 12.7. The second-order valence-corrected chi connectivity index (χ2v) is 12.3. The molecule has 0 unspecified atom stereocenters. The van der Waals surface area contributed by atoms with Gasteiger partial charge >= 0.3 is 6.09 Å². The third kappa shape index (κ3) is 5.56. The summed E-state index contributed by atoms with van der Waals surface area (Å²) in [6.07, 6.45) is 6.93. The summed E-state index contributed by atoms with van der Waals surface area (Å²) in [6, 6.07) is 12.4. The number of nitrogens with zero attached hydrogens (tertiary/aromatic N) is 7. The van der Waals surface area contributed by atoms with E-state index in [9.17, 15) is 4.79 Å². The van der Waals surface area contributed by atoms with E-state index in [4.69, 9.17) is 19.4 Å². The largest absolute Gasteiger partial charge is 0.494 e. The Bertz CT molecular complexity index is 1760. The van der Waals surface area contributed by atoms with Crippen LogP contribution in [0.2, 0.25) is 0 Å². The molecule has 4 aromatic heterocycles. The van der Waals surface area contributed by atoms with Crippen molar-refractivity contribution in [1.82, 2.24) is 28.8 Å². The van der Waals surface area contributed by atoms with E-state index in [1.165, 1.54) is 5.56 Å². The van der Waals surface area contributed by atoms with Crippen LogP contribution in [0.15, 0.2) is 66.1 Å². The van der Waals surface area contributed by atoms with Gasteiger partial charge in [0.1, 0.15) is 17.2 Å². The number of piperazine rings is 1. The molecular weight excluding hydrogens is 550 g/mol. The van der Waals surface area contributed by atoms with E-state index in [0.29, 0.717) is 43.3 Å². The molecule has 0 bridgehead atoms. The fraction of sp³-hybridized carbons (Fsp3) is 0.323. The van der Waals surface area contributed by atoms with Gasteiger partial charge in [0.15, 0.2) is 11.5 Å². The van der Waals surface area contributed by atoms with Gasteiger partial charge in [0.25, 0.3) is 0 Å². The first-order valence-corrected chi connectivity index (χ1v) is 14.6. The van der Waals surface area contributed by atoms with Crippen molar-refractivity contribution in [2.24, 2.45) is 0 Å². The number of methoxy groups -OCH3 is 1. The van der Waals surface area contributed by atoms with E-state index in [-0.39, 0.29) is 6.09 Å². The summed E-state index contributed by atoms with van der Waals surface area (Å²) in [5.74, 6) is 1.92. The van der Waals surface area contributed by atoms with Crippen molar-refractivity contribution in [1.29, 1.82) is 0 Å². The number of aromatic nitrogens is 5. The molecule has 42 heavy (non-hydrogen) atoms. The van der Waals surface area contributed by atoms with Gasteiger partial charge in [0, 0.05) is 54.4 Å². The summed E-state index contributed by atoms with van der Waals surface area (Å²) < 4.78 is 13.3. The van der Waals surface area contributed by atoms with Gasteiger partial charge in [-0.1, -0.05) is 17.7 Å². The van der Waals surface area contributed by atoms with E-state index in [1.807, 2.05) is 33.0 Å². The Labute approximate surface area is 248 Å². The van der Waals surface area contributed by atoms with Gasteiger partial charge in [-0.25, -0.2) is 19.7 Å². The van der Waals surface area contributed by atoms with Crippen LogP contribution in [0.4, 0.5) is 10.6 Å². The van der Waals surface area contributed by atoms with Crippen LogP contribution in [0.1, 0.15) is 26.3 Å². The van der Waals surface area contributed by atoms with Crippen molar-refractivity contribution in [3.8, 4) is 17.1 Å². The first kappa shape index (κ1) is 27.8. The number of hydrogen-bond acceptors (Lipinski definition) is 9. The van der Waals surface area contributed by atoms with Crippen molar-refractivity contribution in [2.75, 3.05) is 38.2 Å². The first-order chi connectivity index (χ1) is 20.2. The van der Waals surface area contributed by atoms with Gasteiger partial charge in [0.2, 0.25) is 0 Å². The number of hydrogen-bond donors (Lipinski definition) is 0. The molecule has 10 nitrogen and oxygen atoms in total. The van der Waals surface area contributed by atoms with Gasteiger partial charge in [-0.2, -0.15) is 0 Å². The van der Waals surface area contributed by atoms with E-state index in [0.717, 1.165) is 32.7 Å². The van der Waals surface area contributed by atoms with Crippen LogP contribution >= 0.6 is 11.9 Å². The average molecular weight is 584 g/mol. The van der Waals surface area contributed by atoms with Gasteiger partial charge in [0.05, 0.1) is 30.4 Å². The summed E-state index contributed by atoms with van der Waals surface area (Å²) in [5.41, 5.74) is 3.07. The van der Waals surface area contributed by atoms with Gasteiger partial charge in [-0.15, -0.1) is 0 Å². The quantitative estimate of drug-likeness (QED) is 0.248. The highest BCUT2D eigenvalue weighted by Crippen LogP contribution is 2.36. The van der Waals surface area contributed by atoms with Gasteiger partial charge in [-0.3, -0.25) is 8.96 Å². The molecule has 1 aliphatic rings. The smallest absolute Gasteiger partial charge is 0.410 e. The number of carbonyl (C=O) groups is 1. The Morgan fingerprint density at radius 2 is 1.74 bits per heavy atom. The normalized spacial score (nSPS) is 14.0. The Balaban J connectivity index is 1.37. The van der Waals surface area contributed by atoms with E-state index in [2.05, 4.69) is 56.1 Å². The van der Waals surface area contributed by atoms with Crippen LogP contribution in [0.5, 0.6) is 5.75 Å². The van der Waals surface area contributed by atoms with Crippen LogP contribution in [0, 0.1) is 6.92 Å². The van der Waals surface area contributed by atoms with E-state index < -0.39 is 5.60 Å². The lowest BCUT2D eigenvalue weighted by Crippen LogP contribution is -2.50. The molecule has 0 radical (unpaired) electrons. The van der Waals surface area contributed by atoms with Crippen molar-refractivity contribution in [3.05, 3.63) is 66.7 Å². The Kier molecular flexibility index (Phi) is 7.36. The molecule has 1 aromatic carbocycles. The molecule has 0 saturated carbocycles. The molecule has 1 amide bonds. The Morgan fingerprint density at radius 3 is 2.45 bits per heavy atom. The molecule has 0 N–H and O–H groups in total. The first-order valence-electron chi connectivity index (χ1n) is 13.8. The van der Waals surface area contributed by atoms with Crippen LogP contribution in [0.25, 0.3) is 33.3 Å². The number of fused-ring (bicyclic) bond motifs is 2. The second-order valence-electron chi connectivity index (χ2n) is 11.2. The monoisotopic (exact) mass is 583 g/mol. The lowest BCUT2D eigenvalue weighted by atomic mass is 10.1. The molecule has 1 aliphatic heterocycles. The van der Waals surface area contributed by atoms with Gasteiger partial charge in [-0.05, 0) is 63.9 Å². The summed E-state index contributed by atoms with van der Waals surface area (Å²) in [6.45, 7) is 9.92. The minimum Gasteiger partial charge on any atom is -0.494 e. The van der Waals surface area contributed by atoms with Crippen molar-refractivity contribution in [3.63, 3.8) is 0 Å². The number of anilines is 1. The fourth-order valence-electron chi connectivity index (χ4n) is 4.96. The SMILES string of the molecule is COc1cncc2nc(-c3ccnc4c3ccn4Sc3ccc(C)cc3)nc(N3CCN(C(=O)OC(C)(C)C)CC3)c12. The molecule has 216 valence electrons. The third-order valence-electron chi connectivity index (χ3n) is 7.02. The van der Waals surface area contributed by atoms with Crippen LogP contribution in [-0.2, 0) is 4.74 Å². The molecule has 1 saturated heterocycles. The molecule has 6 rings (SSSR count). The minimum atomic E-state index is -0.542. The Hall–Kier alpha value is -4.38. The number of benzene rings is 1. The summed E-state index contributed by atoms with van der Waals surface area (Å²) in [5, 5.41) is 1.74. The highest BCUT2D eigenvalue weighted by Gasteiger charge is 2.28. The topological polar surface area (TPSA) is 98.5 Å². The summed E-state index contributed by atoms with van der Waals surface area (Å²) >= 11 is 1.61. The second kappa shape index (κ2) is 11.1. The summed E-state index contributed by atoms with van der Waals surface area (Å²) in [7, 11) is 1.62. The minimum absolute atomic E-state index is 0.302. The lowest BCUT2D eigenvalue weighted by Gasteiger charge is -2.36. The van der Waals surface area contributed by atoms with Crippen molar-refractivity contribution >= 4 is 45.8 Å².